The molecule has 0 radical (unpaired) electrons. The van der Waals surface area contributed by atoms with E-state index in [1.54, 1.807) is 0 Å². The molecule has 0 fully saturated rings. The van der Waals surface area contributed by atoms with Crippen LogP contribution in [0.4, 0.5) is 11.5 Å². The van der Waals surface area contributed by atoms with Crippen molar-refractivity contribution in [3.63, 3.8) is 0 Å². The highest BCUT2D eigenvalue weighted by atomic mass is 79.9. The lowest BCUT2D eigenvalue weighted by Crippen LogP contribution is -2.25. The average molecular weight is 244 g/mol. The van der Waals surface area contributed by atoms with Crippen molar-refractivity contribution in [2.75, 3.05) is 17.7 Å². The molecule has 1 aliphatic rings. The Bertz CT molecular complexity index is 380. The number of ether oxygens (including phenoxy) is 1. The van der Waals surface area contributed by atoms with Crippen LogP contribution >= 0.6 is 15.9 Å². The zero-order valence-corrected chi connectivity index (χ0v) is 8.09. The number of amides is 1. The average Bonchev–Trinajstić information content (AvgIpc) is 2.12. The van der Waals surface area contributed by atoms with Gasteiger partial charge < -0.3 is 15.8 Å². The molecule has 0 saturated heterocycles. The highest BCUT2D eigenvalue weighted by Gasteiger charge is 2.20. The fraction of sp³-hybridized carbons (Fsp3) is 0.143. The molecule has 2 rings (SSSR count). The highest BCUT2D eigenvalue weighted by Crippen LogP contribution is 2.37. The van der Waals surface area contributed by atoms with Crippen LogP contribution in [-0.2, 0) is 4.79 Å². The Kier molecular flexibility index (Phi) is 1.84. The monoisotopic (exact) mass is 243 g/mol. The highest BCUT2D eigenvalue weighted by molar-refractivity contribution is 9.10. The molecule has 0 spiro atoms. The number of pyridine rings is 1. The number of fused-ring (bicyclic) bond motifs is 1. The predicted molar refractivity (Wildman–Crippen MR) is 50.5 cm³/mol. The minimum atomic E-state index is -0.189. The molecule has 3 N–H and O–H groups in total. The largest absolute Gasteiger partial charge is 0.480 e. The fourth-order valence-electron chi connectivity index (χ4n) is 1.04. The van der Waals surface area contributed by atoms with E-state index in [1.165, 1.54) is 6.20 Å². The van der Waals surface area contributed by atoms with Crippen LogP contribution in [0.3, 0.4) is 0 Å². The summed E-state index contributed by atoms with van der Waals surface area (Å²) in [6.07, 6.45) is 1.46. The fourth-order valence-corrected chi connectivity index (χ4v) is 1.47. The lowest BCUT2D eigenvalue weighted by Gasteiger charge is -2.18. The number of nitrogens with one attached hydrogen (secondary N) is 1. The second-order valence-electron chi connectivity index (χ2n) is 2.54. The molecule has 68 valence electrons. The summed E-state index contributed by atoms with van der Waals surface area (Å²) in [6, 6.07) is 0. The van der Waals surface area contributed by atoms with E-state index in [4.69, 9.17) is 10.5 Å². The summed E-state index contributed by atoms with van der Waals surface area (Å²) < 4.78 is 5.74. The van der Waals surface area contributed by atoms with Crippen LogP contribution < -0.4 is 15.8 Å². The molecule has 0 aromatic carbocycles. The number of nitrogen functional groups attached to an aromatic ring is 1. The predicted octanol–water partition coefficient (Wildman–Crippen LogP) is 0.757. The van der Waals surface area contributed by atoms with Gasteiger partial charge >= 0.3 is 0 Å². The van der Waals surface area contributed by atoms with Crippen molar-refractivity contribution in [2.24, 2.45) is 0 Å². The van der Waals surface area contributed by atoms with Crippen molar-refractivity contribution in [3.8, 4) is 5.75 Å². The molecule has 5 nitrogen and oxygen atoms in total. The molecule has 0 aliphatic carbocycles. The maximum absolute atomic E-state index is 10.9. The van der Waals surface area contributed by atoms with Gasteiger partial charge in [-0.3, -0.25) is 4.79 Å². The van der Waals surface area contributed by atoms with E-state index < -0.39 is 0 Å². The third-order valence-electron chi connectivity index (χ3n) is 1.62. The summed E-state index contributed by atoms with van der Waals surface area (Å²) in [5.41, 5.74) is 6.07. The number of rotatable bonds is 0. The smallest absolute Gasteiger partial charge is 0.262 e. The molecular formula is C7H6BrN3O2. The Hall–Kier alpha value is -1.30. The van der Waals surface area contributed by atoms with Crippen molar-refractivity contribution in [1.29, 1.82) is 0 Å². The molecule has 1 aromatic heterocycles. The first-order valence-electron chi connectivity index (χ1n) is 3.55. The van der Waals surface area contributed by atoms with Crippen molar-refractivity contribution in [2.45, 2.75) is 0 Å². The molecule has 0 bridgehead atoms. The third kappa shape index (κ3) is 1.33. The molecule has 1 aliphatic heterocycles. The Morgan fingerprint density at radius 2 is 2.46 bits per heavy atom. The molecule has 13 heavy (non-hydrogen) atoms. The Morgan fingerprint density at radius 3 is 3.23 bits per heavy atom. The number of hydrogen-bond donors (Lipinski definition) is 2. The maximum Gasteiger partial charge on any atom is 0.262 e. The number of carbonyl (C=O) groups excluding carboxylic acids is 1. The van der Waals surface area contributed by atoms with Gasteiger partial charge in [-0.2, -0.15) is 0 Å². The van der Waals surface area contributed by atoms with Crippen LogP contribution in [0.15, 0.2) is 10.7 Å². The van der Waals surface area contributed by atoms with Crippen LogP contribution in [0.2, 0.25) is 0 Å². The summed E-state index contributed by atoms with van der Waals surface area (Å²) in [5, 5.41) is 2.62. The van der Waals surface area contributed by atoms with Gasteiger partial charge in [-0.1, -0.05) is 0 Å². The number of nitrogens with two attached hydrogens (primary N) is 1. The lowest BCUT2D eigenvalue weighted by atomic mass is 10.3. The molecule has 1 amide bonds. The first kappa shape index (κ1) is 8.31. The van der Waals surface area contributed by atoms with Gasteiger partial charge in [-0.15, -0.1) is 0 Å². The van der Waals surface area contributed by atoms with Crippen LogP contribution in [0, 0.1) is 0 Å². The normalized spacial score (nSPS) is 14.4. The number of anilines is 2. The number of carbonyl (C=O) groups is 1. The van der Waals surface area contributed by atoms with Gasteiger partial charge in [0.05, 0.1) is 6.20 Å². The summed E-state index contributed by atoms with van der Waals surface area (Å²) >= 11 is 3.22. The first-order chi connectivity index (χ1) is 6.18. The zero-order valence-electron chi connectivity index (χ0n) is 6.50. The summed E-state index contributed by atoms with van der Waals surface area (Å²) in [5.74, 6) is 0.688. The number of nitrogens with zero attached hydrogens (tertiary/aromatic N) is 1. The number of aromatic nitrogens is 1. The number of hydrogen-bond acceptors (Lipinski definition) is 4. The van der Waals surface area contributed by atoms with Gasteiger partial charge in [0.2, 0.25) is 0 Å². The van der Waals surface area contributed by atoms with Crippen molar-refractivity contribution >= 4 is 33.3 Å². The second-order valence-corrected chi connectivity index (χ2v) is 3.33. The molecular weight excluding hydrogens is 238 g/mol. The molecule has 0 saturated carbocycles. The topological polar surface area (TPSA) is 77.2 Å². The quantitative estimate of drug-likeness (QED) is 0.706. The van der Waals surface area contributed by atoms with Crippen LogP contribution in [0.5, 0.6) is 5.75 Å². The van der Waals surface area contributed by atoms with E-state index in [2.05, 4.69) is 26.2 Å². The van der Waals surface area contributed by atoms with Crippen molar-refractivity contribution in [1.82, 2.24) is 4.98 Å². The summed E-state index contributed by atoms with van der Waals surface area (Å²) in [6.45, 7) is 0.00898. The van der Waals surface area contributed by atoms with Gasteiger partial charge in [0.15, 0.2) is 12.4 Å². The second kappa shape index (κ2) is 2.88. The van der Waals surface area contributed by atoms with Crippen LogP contribution in [-0.4, -0.2) is 17.5 Å². The minimum Gasteiger partial charge on any atom is -0.480 e. The van der Waals surface area contributed by atoms with Crippen LogP contribution in [0.25, 0.3) is 0 Å². The third-order valence-corrected chi connectivity index (χ3v) is 2.39. The minimum absolute atomic E-state index is 0.00898. The van der Waals surface area contributed by atoms with E-state index in [0.717, 1.165) is 0 Å². The van der Waals surface area contributed by atoms with E-state index in [-0.39, 0.29) is 12.5 Å². The summed E-state index contributed by atoms with van der Waals surface area (Å²) in [7, 11) is 0. The van der Waals surface area contributed by atoms with Crippen molar-refractivity contribution < 1.29 is 9.53 Å². The Morgan fingerprint density at radius 1 is 1.69 bits per heavy atom. The van der Waals surface area contributed by atoms with E-state index >= 15 is 0 Å². The molecule has 1 aromatic rings. The Balaban J connectivity index is 2.53. The van der Waals surface area contributed by atoms with Gasteiger partial charge in [0.1, 0.15) is 16.0 Å². The Labute approximate surface area is 82.4 Å². The molecule has 6 heteroatoms. The molecule has 2 heterocycles. The summed E-state index contributed by atoms with van der Waals surface area (Å²) in [4.78, 5) is 14.8. The van der Waals surface area contributed by atoms with Gasteiger partial charge in [-0.25, -0.2) is 4.98 Å². The van der Waals surface area contributed by atoms with Gasteiger partial charge in [-0.05, 0) is 15.9 Å². The van der Waals surface area contributed by atoms with E-state index in [1.807, 2.05) is 0 Å². The zero-order chi connectivity index (χ0) is 9.42. The lowest BCUT2D eigenvalue weighted by molar-refractivity contribution is -0.118. The first-order valence-corrected chi connectivity index (χ1v) is 4.34. The maximum atomic E-state index is 10.9. The molecule has 0 atom stereocenters. The molecule has 0 unspecified atom stereocenters. The van der Waals surface area contributed by atoms with Gasteiger partial charge in [0.25, 0.3) is 5.91 Å². The number of halogens is 1. The SMILES string of the molecule is Nc1ncc2c(c1Br)OCC(=O)N2. The van der Waals surface area contributed by atoms with E-state index in [0.29, 0.717) is 21.7 Å². The van der Waals surface area contributed by atoms with Crippen molar-refractivity contribution in [3.05, 3.63) is 10.7 Å². The van der Waals surface area contributed by atoms with Gasteiger partial charge in [0, 0.05) is 0 Å². The standard InChI is InChI=1S/C7H6BrN3O2/c8-5-6-3(1-10-7(5)9)11-4(12)2-13-6/h1H,2H2,(H2,9,10)(H,11,12). The van der Waals surface area contributed by atoms with E-state index in [9.17, 15) is 4.79 Å². The van der Waals surface area contributed by atoms with Crippen LogP contribution in [0.1, 0.15) is 0 Å².